The third kappa shape index (κ3) is 2.47. The minimum atomic E-state index is -0.753. The second kappa shape index (κ2) is 5.53. The molecule has 2 aromatic rings. The number of aryl methyl sites for hydroxylation is 4. The van der Waals surface area contributed by atoms with E-state index in [0.29, 0.717) is 6.42 Å². The van der Waals surface area contributed by atoms with Gasteiger partial charge in [0.2, 0.25) is 0 Å². The standard InChI is InChI=1S/C20H24O2/c1-11-5-6-15(7-12(11)2)19-17-9-14(4)13(3)8-16(17)10-18(21)20(19)22/h5-9,18-22H,10H2,1-4H3. The van der Waals surface area contributed by atoms with E-state index in [0.717, 1.165) is 16.7 Å². The summed E-state index contributed by atoms with van der Waals surface area (Å²) >= 11 is 0. The molecule has 116 valence electrons. The predicted molar refractivity (Wildman–Crippen MR) is 89.4 cm³/mol. The molecule has 3 unspecified atom stereocenters. The monoisotopic (exact) mass is 296 g/mol. The third-order valence-electron chi connectivity index (χ3n) is 5.15. The van der Waals surface area contributed by atoms with Gasteiger partial charge in [-0.05, 0) is 66.6 Å². The van der Waals surface area contributed by atoms with Crippen LogP contribution < -0.4 is 0 Å². The lowest BCUT2D eigenvalue weighted by atomic mass is 9.74. The van der Waals surface area contributed by atoms with Crippen LogP contribution in [-0.2, 0) is 6.42 Å². The van der Waals surface area contributed by atoms with E-state index in [2.05, 4.69) is 58.0 Å². The first-order chi connectivity index (χ1) is 10.4. The second-order valence-corrected chi connectivity index (χ2v) is 6.72. The Kier molecular flexibility index (Phi) is 3.84. The number of hydrogen-bond donors (Lipinski definition) is 2. The van der Waals surface area contributed by atoms with Crippen LogP contribution in [0.3, 0.4) is 0 Å². The normalized spacial score (nSPS) is 24.2. The van der Waals surface area contributed by atoms with Crippen LogP contribution >= 0.6 is 0 Å². The molecular formula is C20H24O2. The van der Waals surface area contributed by atoms with Crippen molar-refractivity contribution in [2.45, 2.75) is 52.2 Å². The van der Waals surface area contributed by atoms with Crippen LogP contribution in [-0.4, -0.2) is 22.4 Å². The van der Waals surface area contributed by atoms with E-state index >= 15 is 0 Å². The average Bonchev–Trinajstić information content (AvgIpc) is 2.46. The van der Waals surface area contributed by atoms with Crippen molar-refractivity contribution in [3.05, 3.63) is 69.3 Å². The highest BCUT2D eigenvalue weighted by atomic mass is 16.3. The Morgan fingerprint density at radius 2 is 1.45 bits per heavy atom. The molecule has 0 saturated heterocycles. The van der Waals surface area contributed by atoms with Crippen LogP contribution in [0.2, 0.25) is 0 Å². The molecule has 1 aliphatic rings. The Labute approximate surface area is 132 Å². The molecule has 2 nitrogen and oxygen atoms in total. The van der Waals surface area contributed by atoms with Gasteiger partial charge in [0, 0.05) is 12.3 Å². The fourth-order valence-corrected chi connectivity index (χ4v) is 3.45. The predicted octanol–water partition coefficient (Wildman–Crippen LogP) is 3.33. The maximum Gasteiger partial charge on any atom is 0.0911 e. The van der Waals surface area contributed by atoms with Crippen molar-refractivity contribution in [2.75, 3.05) is 0 Å². The molecule has 3 rings (SSSR count). The molecule has 0 aliphatic heterocycles. The number of rotatable bonds is 1. The van der Waals surface area contributed by atoms with Gasteiger partial charge in [-0.3, -0.25) is 0 Å². The highest BCUT2D eigenvalue weighted by Gasteiger charge is 2.35. The zero-order valence-corrected chi connectivity index (χ0v) is 13.7. The lowest BCUT2D eigenvalue weighted by Gasteiger charge is -2.35. The molecule has 0 saturated carbocycles. The molecule has 0 amide bonds. The van der Waals surface area contributed by atoms with Gasteiger partial charge in [-0.25, -0.2) is 0 Å². The molecule has 22 heavy (non-hydrogen) atoms. The van der Waals surface area contributed by atoms with E-state index in [-0.39, 0.29) is 5.92 Å². The summed E-state index contributed by atoms with van der Waals surface area (Å²) in [5, 5.41) is 20.9. The summed E-state index contributed by atoms with van der Waals surface area (Å²) in [7, 11) is 0. The van der Waals surface area contributed by atoms with Crippen molar-refractivity contribution in [1.29, 1.82) is 0 Å². The molecule has 0 fully saturated rings. The van der Waals surface area contributed by atoms with Crippen molar-refractivity contribution < 1.29 is 10.2 Å². The molecule has 2 N–H and O–H groups in total. The van der Waals surface area contributed by atoms with E-state index in [9.17, 15) is 10.2 Å². The Balaban J connectivity index is 2.17. The van der Waals surface area contributed by atoms with E-state index in [1.165, 1.54) is 22.3 Å². The first-order valence-corrected chi connectivity index (χ1v) is 7.91. The summed E-state index contributed by atoms with van der Waals surface area (Å²) in [5.41, 5.74) is 8.33. The zero-order valence-electron chi connectivity index (χ0n) is 13.7. The molecule has 0 radical (unpaired) electrons. The maximum absolute atomic E-state index is 10.6. The smallest absolute Gasteiger partial charge is 0.0911 e. The third-order valence-corrected chi connectivity index (χ3v) is 5.15. The van der Waals surface area contributed by atoms with Gasteiger partial charge in [-0.15, -0.1) is 0 Å². The molecule has 2 aromatic carbocycles. The van der Waals surface area contributed by atoms with Gasteiger partial charge in [-0.2, -0.15) is 0 Å². The van der Waals surface area contributed by atoms with Crippen LogP contribution in [0.15, 0.2) is 30.3 Å². The fraction of sp³-hybridized carbons (Fsp3) is 0.400. The van der Waals surface area contributed by atoms with Gasteiger partial charge in [-0.1, -0.05) is 30.3 Å². The fourth-order valence-electron chi connectivity index (χ4n) is 3.45. The van der Waals surface area contributed by atoms with E-state index < -0.39 is 12.2 Å². The van der Waals surface area contributed by atoms with Crippen LogP contribution in [0, 0.1) is 27.7 Å². The number of hydrogen-bond acceptors (Lipinski definition) is 2. The summed E-state index contributed by atoms with van der Waals surface area (Å²) in [6.07, 6.45) is -0.934. The van der Waals surface area contributed by atoms with Crippen LogP contribution in [0.25, 0.3) is 0 Å². The van der Waals surface area contributed by atoms with Gasteiger partial charge in [0.25, 0.3) is 0 Å². The number of aliphatic hydroxyl groups excluding tert-OH is 2. The summed E-state index contributed by atoms with van der Waals surface area (Å²) in [4.78, 5) is 0. The van der Waals surface area contributed by atoms with Gasteiger partial charge in [0.05, 0.1) is 12.2 Å². The molecule has 0 heterocycles. The summed E-state index contributed by atoms with van der Waals surface area (Å²) < 4.78 is 0. The summed E-state index contributed by atoms with van der Waals surface area (Å²) in [6, 6.07) is 10.7. The van der Waals surface area contributed by atoms with Crippen molar-refractivity contribution in [3.8, 4) is 0 Å². The molecule has 3 atom stereocenters. The van der Waals surface area contributed by atoms with Gasteiger partial charge in [0.15, 0.2) is 0 Å². The van der Waals surface area contributed by atoms with Crippen molar-refractivity contribution in [1.82, 2.24) is 0 Å². The summed E-state index contributed by atoms with van der Waals surface area (Å²) in [5.74, 6) is -0.155. The molecule has 0 spiro atoms. The first kappa shape index (κ1) is 15.3. The molecule has 0 bridgehead atoms. The largest absolute Gasteiger partial charge is 0.390 e. The lowest BCUT2D eigenvalue weighted by Crippen LogP contribution is -2.39. The Morgan fingerprint density at radius 1 is 0.818 bits per heavy atom. The summed E-state index contributed by atoms with van der Waals surface area (Å²) in [6.45, 7) is 8.38. The SMILES string of the molecule is Cc1ccc(C2c3cc(C)c(C)cc3CC(O)C2O)cc1C. The van der Waals surface area contributed by atoms with Crippen molar-refractivity contribution in [2.24, 2.45) is 0 Å². The van der Waals surface area contributed by atoms with Gasteiger partial charge < -0.3 is 10.2 Å². The van der Waals surface area contributed by atoms with Crippen LogP contribution in [0.4, 0.5) is 0 Å². The lowest BCUT2D eigenvalue weighted by molar-refractivity contribution is 0.00327. The minimum Gasteiger partial charge on any atom is -0.390 e. The number of fused-ring (bicyclic) bond motifs is 1. The maximum atomic E-state index is 10.6. The van der Waals surface area contributed by atoms with Crippen molar-refractivity contribution >= 4 is 0 Å². The molecular weight excluding hydrogens is 272 g/mol. The Hall–Kier alpha value is -1.64. The topological polar surface area (TPSA) is 40.5 Å². The quantitative estimate of drug-likeness (QED) is 0.847. The van der Waals surface area contributed by atoms with Gasteiger partial charge >= 0.3 is 0 Å². The highest BCUT2D eigenvalue weighted by Crippen LogP contribution is 2.38. The van der Waals surface area contributed by atoms with Crippen LogP contribution in [0.5, 0.6) is 0 Å². The van der Waals surface area contributed by atoms with Gasteiger partial charge in [0.1, 0.15) is 0 Å². The molecule has 2 heteroatoms. The van der Waals surface area contributed by atoms with Crippen molar-refractivity contribution in [3.63, 3.8) is 0 Å². The first-order valence-electron chi connectivity index (χ1n) is 7.91. The van der Waals surface area contributed by atoms with Crippen LogP contribution in [0.1, 0.15) is 44.9 Å². The number of aliphatic hydroxyl groups is 2. The Bertz CT molecular complexity index is 718. The minimum absolute atomic E-state index is 0.155. The average molecular weight is 296 g/mol. The zero-order chi connectivity index (χ0) is 16.0. The molecule has 1 aliphatic carbocycles. The van der Waals surface area contributed by atoms with E-state index in [1.54, 1.807) is 0 Å². The second-order valence-electron chi connectivity index (χ2n) is 6.72. The van der Waals surface area contributed by atoms with E-state index in [4.69, 9.17) is 0 Å². The molecule has 0 aromatic heterocycles. The number of benzene rings is 2. The highest BCUT2D eigenvalue weighted by molar-refractivity contribution is 5.48. The van der Waals surface area contributed by atoms with E-state index in [1.807, 2.05) is 0 Å². The Morgan fingerprint density at radius 3 is 2.14 bits per heavy atom.